The minimum atomic E-state index is -4.88. The van der Waals surface area contributed by atoms with E-state index in [1.165, 1.54) is 24.3 Å². The second kappa shape index (κ2) is 3.55. The highest BCUT2D eigenvalue weighted by atomic mass is 19.4. The van der Waals surface area contributed by atoms with E-state index >= 15 is 0 Å². The van der Waals surface area contributed by atoms with E-state index in [-0.39, 0.29) is 11.7 Å². The van der Waals surface area contributed by atoms with Crippen LogP contribution in [-0.4, -0.2) is 12.1 Å². The molecule has 0 unspecified atom stereocenters. The van der Waals surface area contributed by atoms with Gasteiger partial charge in [-0.2, -0.15) is 0 Å². The summed E-state index contributed by atoms with van der Waals surface area (Å²) in [6.07, 6.45) is 0.972. The second-order valence-electron chi connectivity index (χ2n) is 2.58. The average molecular weight is 187 g/mol. The zero-order chi connectivity index (χ0) is 9.90. The molecule has 0 aromatic heterocycles. The van der Waals surface area contributed by atoms with Crippen molar-refractivity contribution in [2.75, 3.05) is 0 Å². The molecule has 0 saturated heterocycles. The van der Waals surface area contributed by atoms with Gasteiger partial charge in [-0.1, -0.05) is 18.2 Å². The monoisotopic (exact) mass is 187 g/mol. The van der Waals surface area contributed by atoms with Crippen molar-refractivity contribution in [3.63, 3.8) is 0 Å². The van der Waals surface area contributed by atoms with Crippen LogP contribution in [0.25, 0.3) is 6.08 Å². The van der Waals surface area contributed by atoms with Crippen LogP contribution in [0.5, 0.6) is 5.75 Å². The summed E-state index contributed by atoms with van der Waals surface area (Å²) in [7, 11) is 0. The summed E-state index contributed by atoms with van der Waals surface area (Å²) in [6, 6.07) is 5.49. The number of rotatable bonds is 2. The van der Waals surface area contributed by atoms with Gasteiger partial charge < -0.3 is 18.1 Å². The lowest BCUT2D eigenvalue weighted by Crippen LogP contribution is -2.09. The third-order valence-corrected chi connectivity index (χ3v) is 1.40. The van der Waals surface area contributed by atoms with Crippen LogP contribution in [0.15, 0.2) is 30.2 Å². The largest absolute Gasteiger partial charge is 0.508 e. The average Bonchev–Trinajstić information content (AvgIpc) is 2.02. The van der Waals surface area contributed by atoms with Crippen molar-refractivity contribution in [3.8, 4) is 5.75 Å². The molecule has 1 aromatic rings. The van der Waals surface area contributed by atoms with E-state index < -0.39 is 6.98 Å². The first-order chi connectivity index (χ1) is 5.97. The third-order valence-electron chi connectivity index (χ3n) is 1.40. The first-order valence-corrected chi connectivity index (χ1v) is 3.65. The lowest BCUT2D eigenvalue weighted by Gasteiger charge is -2.05. The molecule has 0 aliphatic heterocycles. The van der Waals surface area contributed by atoms with Crippen LogP contribution in [0, 0.1) is 0 Å². The molecule has 0 bridgehead atoms. The predicted octanol–water partition coefficient (Wildman–Crippen LogP) is 2.79. The quantitative estimate of drug-likeness (QED) is 0.705. The Labute approximate surface area is 73.6 Å². The van der Waals surface area contributed by atoms with Gasteiger partial charge in [0.1, 0.15) is 5.75 Å². The maximum atomic E-state index is 11.7. The fourth-order valence-electron chi connectivity index (χ4n) is 0.806. The Kier molecular flexibility index (Phi) is 2.65. The first-order valence-electron chi connectivity index (χ1n) is 3.65. The van der Waals surface area contributed by atoms with Gasteiger partial charge in [0.25, 0.3) is 0 Å². The van der Waals surface area contributed by atoms with Crippen LogP contribution in [-0.2, 0) is 0 Å². The molecule has 1 N–H and O–H groups in total. The molecular weight excluding hydrogens is 180 g/mol. The molecule has 0 heterocycles. The number of phenolic OH excluding ortho intramolecular Hbond substituents is 1. The highest BCUT2D eigenvalue weighted by Gasteiger charge is 2.16. The van der Waals surface area contributed by atoms with E-state index in [0.717, 1.165) is 6.08 Å². The second-order valence-corrected chi connectivity index (χ2v) is 2.58. The molecule has 0 spiro atoms. The minimum absolute atomic E-state index is 0.0367. The van der Waals surface area contributed by atoms with Crippen molar-refractivity contribution in [1.82, 2.24) is 0 Å². The summed E-state index contributed by atoms with van der Waals surface area (Å²) in [6.45, 7) is -4.88. The van der Waals surface area contributed by atoms with Crippen molar-refractivity contribution in [3.05, 3.63) is 35.8 Å². The molecular formula is C8H7BF3O-. The van der Waals surface area contributed by atoms with E-state index in [2.05, 4.69) is 0 Å². The van der Waals surface area contributed by atoms with Crippen LogP contribution < -0.4 is 0 Å². The molecule has 0 atom stereocenters. The van der Waals surface area contributed by atoms with Crippen LogP contribution in [0.4, 0.5) is 12.9 Å². The van der Waals surface area contributed by atoms with Gasteiger partial charge in [-0.25, -0.2) is 0 Å². The highest BCUT2D eigenvalue weighted by Crippen LogP contribution is 2.14. The maximum absolute atomic E-state index is 11.7. The topological polar surface area (TPSA) is 20.2 Å². The summed E-state index contributed by atoms with van der Waals surface area (Å²) < 4.78 is 35.2. The number of phenols is 1. The van der Waals surface area contributed by atoms with Crippen molar-refractivity contribution in [1.29, 1.82) is 0 Å². The van der Waals surface area contributed by atoms with E-state index in [1.807, 2.05) is 0 Å². The van der Waals surface area contributed by atoms with Gasteiger partial charge in [0, 0.05) is 0 Å². The fourth-order valence-corrected chi connectivity index (χ4v) is 0.806. The van der Waals surface area contributed by atoms with E-state index in [0.29, 0.717) is 5.56 Å². The van der Waals surface area contributed by atoms with Gasteiger partial charge in [0.2, 0.25) is 0 Å². The lowest BCUT2D eigenvalue weighted by atomic mass is 9.91. The Balaban J connectivity index is 2.75. The Morgan fingerprint density at radius 3 is 2.08 bits per heavy atom. The molecule has 0 amide bonds. The first kappa shape index (κ1) is 9.70. The van der Waals surface area contributed by atoms with Crippen LogP contribution in [0.1, 0.15) is 5.56 Å². The number of hydrogen-bond donors (Lipinski definition) is 1. The van der Waals surface area contributed by atoms with Crippen molar-refractivity contribution in [2.24, 2.45) is 0 Å². The molecule has 0 aliphatic carbocycles. The lowest BCUT2D eigenvalue weighted by molar-refractivity contribution is 0.475. The van der Waals surface area contributed by atoms with Gasteiger partial charge in [-0.05, 0) is 17.7 Å². The minimum Gasteiger partial charge on any atom is -0.508 e. The molecule has 1 rings (SSSR count). The zero-order valence-electron chi connectivity index (χ0n) is 6.62. The maximum Gasteiger partial charge on any atom is 0.502 e. The molecule has 1 aromatic carbocycles. The number of halogens is 3. The van der Waals surface area contributed by atoms with Crippen LogP contribution in [0.3, 0.4) is 0 Å². The summed E-state index contributed by atoms with van der Waals surface area (Å²) in [4.78, 5) is 0. The Hall–Kier alpha value is -1.39. The summed E-state index contributed by atoms with van der Waals surface area (Å²) >= 11 is 0. The Morgan fingerprint density at radius 1 is 1.08 bits per heavy atom. The highest BCUT2D eigenvalue weighted by molar-refractivity contribution is 6.64. The van der Waals surface area contributed by atoms with Crippen molar-refractivity contribution < 1.29 is 18.1 Å². The zero-order valence-corrected chi connectivity index (χ0v) is 6.62. The van der Waals surface area contributed by atoms with Gasteiger partial charge in [-0.15, -0.1) is 5.98 Å². The summed E-state index contributed by atoms with van der Waals surface area (Å²) in [5.41, 5.74) is 0.414. The van der Waals surface area contributed by atoms with Crippen molar-refractivity contribution >= 4 is 13.1 Å². The van der Waals surface area contributed by atoms with E-state index in [1.54, 1.807) is 0 Å². The summed E-state index contributed by atoms with van der Waals surface area (Å²) in [5, 5.41) is 8.84. The van der Waals surface area contributed by atoms with Gasteiger partial charge in [0.15, 0.2) is 0 Å². The molecule has 0 saturated carbocycles. The SMILES string of the molecule is Oc1ccc(/C=C/[B-](F)(F)F)cc1. The summed E-state index contributed by atoms with van der Waals surface area (Å²) in [5.74, 6) is 0.251. The predicted molar refractivity (Wildman–Crippen MR) is 46.2 cm³/mol. The van der Waals surface area contributed by atoms with Gasteiger partial charge in [0.05, 0.1) is 0 Å². The molecule has 1 nitrogen and oxygen atoms in total. The third kappa shape index (κ3) is 3.69. The molecule has 70 valence electrons. The molecule has 5 heteroatoms. The fraction of sp³-hybridized carbons (Fsp3) is 0. The van der Waals surface area contributed by atoms with E-state index in [9.17, 15) is 12.9 Å². The molecule has 0 radical (unpaired) electrons. The smallest absolute Gasteiger partial charge is 0.502 e. The molecule has 13 heavy (non-hydrogen) atoms. The number of hydrogen-bond acceptors (Lipinski definition) is 1. The Morgan fingerprint density at radius 2 is 1.62 bits per heavy atom. The van der Waals surface area contributed by atoms with Crippen LogP contribution in [0.2, 0.25) is 0 Å². The van der Waals surface area contributed by atoms with Gasteiger partial charge in [-0.3, -0.25) is 0 Å². The van der Waals surface area contributed by atoms with Crippen LogP contribution >= 0.6 is 0 Å². The standard InChI is InChI=1S/C8H7BF3O/c10-9(11,12)6-5-7-1-3-8(13)4-2-7/h1-6,13H/q-1/b6-5+. The Bertz CT molecular complexity index is 302. The molecule has 0 fully saturated rings. The normalized spacial score (nSPS) is 12.2. The van der Waals surface area contributed by atoms with Gasteiger partial charge >= 0.3 is 6.98 Å². The van der Waals surface area contributed by atoms with E-state index in [4.69, 9.17) is 5.11 Å². The molecule has 0 aliphatic rings. The number of aromatic hydroxyl groups is 1. The number of benzene rings is 1. The van der Waals surface area contributed by atoms with Crippen molar-refractivity contribution in [2.45, 2.75) is 0 Å².